The molecule has 1 aromatic rings. The largest absolute Gasteiger partial charge is 0.452 e. The van der Waals surface area contributed by atoms with Crippen molar-refractivity contribution in [3.63, 3.8) is 0 Å². The Morgan fingerprint density at radius 2 is 2.17 bits per heavy atom. The highest BCUT2D eigenvalue weighted by molar-refractivity contribution is 6.33. The summed E-state index contributed by atoms with van der Waals surface area (Å²) in [7, 11) is 0. The van der Waals surface area contributed by atoms with E-state index in [0.717, 1.165) is 13.0 Å². The van der Waals surface area contributed by atoms with E-state index in [1.165, 1.54) is 18.2 Å². The zero-order valence-electron chi connectivity index (χ0n) is 13.2. The minimum Gasteiger partial charge on any atom is -0.452 e. The van der Waals surface area contributed by atoms with Crippen molar-refractivity contribution in [2.75, 3.05) is 32.0 Å². The minimum absolute atomic E-state index is 0.164. The van der Waals surface area contributed by atoms with Crippen molar-refractivity contribution in [3.8, 4) is 0 Å². The Bertz CT molecular complexity index is 636. The highest BCUT2D eigenvalue weighted by atomic mass is 35.5. The van der Waals surface area contributed by atoms with Crippen molar-refractivity contribution in [1.29, 1.82) is 0 Å². The number of nitrogens with two attached hydrogens (primary N) is 1. The third-order valence-electron chi connectivity index (χ3n) is 3.66. The lowest BCUT2D eigenvalue weighted by Crippen LogP contribution is -2.32. The molecule has 1 aliphatic rings. The fourth-order valence-electron chi connectivity index (χ4n) is 2.37. The van der Waals surface area contributed by atoms with E-state index in [1.54, 1.807) is 4.90 Å². The molecule has 3 N–H and O–H groups in total. The van der Waals surface area contributed by atoms with Crippen LogP contribution in [-0.2, 0) is 14.3 Å². The van der Waals surface area contributed by atoms with Gasteiger partial charge in [-0.15, -0.1) is 0 Å². The molecule has 1 fully saturated rings. The van der Waals surface area contributed by atoms with Crippen molar-refractivity contribution in [1.82, 2.24) is 10.2 Å². The molecule has 0 unspecified atom stereocenters. The summed E-state index contributed by atoms with van der Waals surface area (Å²) in [6, 6.07) is 4.37. The molecular formula is C16H20ClN3O4. The van der Waals surface area contributed by atoms with E-state index in [9.17, 15) is 14.4 Å². The van der Waals surface area contributed by atoms with Crippen LogP contribution in [0.4, 0.5) is 5.69 Å². The smallest absolute Gasteiger partial charge is 0.338 e. The van der Waals surface area contributed by atoms with Gasteiger partial charge >= 0.3 is 5.97 Å². The molecule has 0 aromatic heterocycles. The van der Waals surface area contributed by atoms with Crippen LogP contribution in [0.25, 0.3) is 0 Å². The van der Waals surface area contributed by atoms with Gasteiger partial charge in [0.25, 0.3) is 5.91 Å². The van der Waals surface area contributed by atoms with Crippen molar-refractivity contribution in [2.24, 2.45) is 0 Å². The molecule has 0 saturated carbocycles. The van der Waals surface area contributed by atoms with Gasteiger partial charge < -0.3 is 20.7 Å². The van der Waals surface area contributed by atoms with E-state index >= 15 is 0 Å². The topological polar surface area (TPSA) is 102 Å². The number of esters is 1. The normalized spacial score (nSPS) is 13.9. The fourth-order valence-corrected chi connectivity index (χ4v) is 2.49. The maximum Gasteiger partial charge on any atom is 0.338 e. The molecule has 0 aliphatic carbocycles. The quantitative estimate of drug-likeness (QED) is 0.436. The van der Waals surface area contributed by atoms with E-state index < -0.39 is 11.9 Å². The first kappa shape index (κ1) is 18.1. The number of anilines is 1. The van der Waals surface area contributed by atoms with Gasteiger partial charge in [-0.1, -0.05) is 11.6 Å². The second-order valence-electron chi connectivity index (χ2n) is 5.50. The first-order valence-electron chi connectivity index (χ1n) is 7.74. The number of hydrogen-bond donors (Lipinski definition) is 2. The zero-order valence-corrected chi connectivity index (χ0v) is 14.0. The SMILES string of the molecule is Nc1cc(C(=O)OCC(=O)NCCCN2CCCC2=O)ccc1Cl. The van der Waals surface area contributed by atoms with Gasteiger partial charge in [-0.05, 0) is 31.0 Å². The molecule has 1 heterocycles. The third kappa shape index (κ3) is 5.13. The van der Waals surface area contributed by atoms with Gasteiger partial charge in [0, 0.05) is 26.1 Å². The average Bonchev–Trinajstić information content (AvgIpc) is 2.97. The Morgan fingerprint density at radius 3 is 2.83 bits per heavy atom. The van der Waals surface area contributed by atoms with Crippen LogP contribution in [0, 0.1) is 0 Å². The number of benzene rings is 1. The van der Waals surface area contributed by atoms with Crippen molar-refractivity contribution in [3.05, 3.63) is 28.8 Å². The van der Waals surface area contributed by atoms with Crippen LogP contribution in [0.3, 0.4) is 0 Å². The van der Waals surface area contributed by atoms with Gasteiger partial charge in [0.15, 0.2) is 6.61 Å². The summed E-state index contributed by atoms with van der Waals surface area (Å²) in [5, 5.41) is 3.00. The molecule has 24 heavy (non-hydrogen) atoms. The molecule has 8 heteroatoms. The lowest BCUT2D eigenvalue weighted by Gasteiger charge is -2.15. The lowest BCUT2D eigenvalue weighted by molar-refractivity contribution is -0.127. The van der Waals surface area contributed by atoms with E-state index in [4.69, 9.17) is 22.1 Å². The van der Waals surface area contributed by atoms with Crippen LogP contribution in [0.15, 0.2) is 18.2 Å². The number of rotatable bonds is 7. The molecule has 1 aromatic carbocycles. The van der Waals surface area contributed by atoms with Gasteiger partial charge in [-0.25, -0.2) is 4.79 Å². The summed E-state index contributed by atoms with van der Waals surface area (Å²) in [6.07, 6.45) is 2.17. The molecule has 2 amide bonds. The molecule has 0 radical (unpaired) electrons. The molecule has 0 atom stereocenters. The van der Waals surface area contributed by atoms with E-state index in [0.29, 0.717) is 31.0 Å². The van der Waals surface area contributed by atoms with Crippen LogP contribution in [0.1, 0.15) is 29.6 Å². The molecule has 1 saturated heterocycles. The summed E-state index contributed by atoms with van der Waals surface area (Å²) < 4.78 is 4.92. The van der Waals surface area contributed by atoms with Crippen LogP contribution in [0.2, 0.25) is 5.02 Å². The van der Waals surface area contributed by atoms with Crippen molar-refractivity contribution >= 4 is 35.1 Å². The Hall–Kier alpha value is -2.28. The second kappa shape index (κ2) is 8.54. The molecule has 7 nitrogen and oxygen atoms in total. The number of carbonyl (C=O) groups is 3. The van der Waals surface area contributed by atoms with Crippen molar-refractivity contribution in [2.45, 2.75) is 19.3 Å². The summed E-state index contributed by atoms with van der Waals surface area (Å²) in [6.45, 7) is 1.47. The monoisotopic (exact) mass is 353 g/mol. The van der Waals surface area contributed by atoms with Gasteiger partial charge in [0.05, 0.1) is 16.3 Å². The average molecular weight is 354 g/mol. The van der Waals surface area contributed by atoms with Crippen LogP contribution >= 0.6 is 11.6 Å². The number of ether oxygens (including phenoxy) is 1. The molecule has 2 rings (SSSR count). The maximum atomic E-state index is 11.8. The zero-order chi connectivity index (χ0) is 17.5. The van der Waals surface area contributed by atoms with Gasteiger partial charge in [-0.3, -0.25) is 9.59 Å². The van der Waals surface area contributed by atoms with Crippen LogP contribution < -0.4 is 11.1 Å². The first-order chi connectivity index (χ1) is 11.5. The Morgan fingerprint density at radius 1 is 1.38 bits per heavy atom. The Labute approximate surface area is 145 Å². The Kier molecular flexibility index (Phi) is 6.43. The summed E-state index contributed by atoms with van der Waals surface area (Å²) in [5.41, 5.74) is 6.11. The number of nitrogen functional groups attached to an aromatic ring is 1. The third-order valence-corrected chi connectivity index (χ3v) is 4.01. The standard InChI is InChI=1S/C16H20ClN3O4/c17-12-5-4-11(9-13(12)18)16(23)24-10-14(21)19-6-2-8-20-7-1-3-15(20)22/h4-5,9H,1-3,6-8,10,18H2,(H,19,21). The molecule has 0 bridgehead atoms. The van der Waals surface area contributed by atoms with Crippen molar-refractivity contribution < 1.29 is 19.1 Å². The van der Waals surface area contributed by atoms with E-state index in [-0.39, 0.29) is 23.8 Å². The predicted molar refractivity (Wildman–Crippen MR) is 89.6 cm³/mol. The minimum atomic E-state index is -0.642. The van der Waals surface area contributed by atoms with Crippen LogP contribution in [0.5, 0.6) is 0 Å². The highest BCUT2D eigenvalue weighted by Gasteiger charge is 2.19. The lowest BCUT2D eigenvalue weighted by atomic mass is 10.2. The molecule has 130 valence electrons. The number of hydrogen-bond acceptors (Lipinski definition) is 5. The Balaban J connectivity index is 1.64. The number of halogens is 1. The number of carbonyl (C=O) groups excluding carboxylic acids is 3. The summed E-state index contributed by atoms with van der Waals surface area (Å²) in [4.78, 5) is 36.7. The summed E-state index contributed by atoms with van der Waals surface area (Å²) >= 11 is 5.77. The number of nitrogens with zero attached hydrogens (tertiary/aromatic N) is 1. The van der Waals surface area contributed by atoms with Gasteiger partial charge in [0.1, 0.15) is 0 Å². The molecule has 0 spiro atoms. The van der Waals surface area contributed by atoms with Gasteiger partial charge in [-0.2, -0.15) is 0 Å². The fraction of sp³-hybridized carbons (Fsp3) is 0.438. The van der Waals surface area contributed by atoms with E-state index in [1.807, 2.05) is 0 Å². The highest BCUT2D eigenvalue weighted by Crippen LogP contribution is 2.19. The van der Waals surface area contributed by atoms with Gasteiger partial charge in [0.2, 0.25) is 5.91 Å². The predicted octanol–water partition coefficient (Wildman–Crippen LogP) is 1.21. The molecule has 1 aliphatic heterocycles. The summed E-state index contributed by atoms with van der Waals surface area (Å²) in [5.74, 6) is -0.869. The molecular weight excluding hydrogens is 334 g/mol. The number of likely N-dealkylation sites (tertiary alicyclic amines) is 1. The van der Waals surface area contributed by atoms with E-state index in [2.05, 4.69) is 5.32 Å². The number of amides is 2. The second-order valence-corrected chi connectivity index (χ2v) is 5.91. The number of nitrogens with one attached hydrogen (secondary N) is 1. The first-order valence-corrected chi connectivity index (χ1v) is 8.12. The maximum absolute atomic E-state index is 11.8. The van der Waals surface area contributed by atoms with Crippen LogP contribution in [-0.4, -0.2) is 48.9 Å².